The first kappa shape index (κ1) is 14.4. The SMILES string of the molecule is CCCCN(CCO)C(=O)Cc1ccc(N)cn1. The summed E-state index contributed by atoms with van der Waals surface area (Å²) in [4.78, 5) is 17.8. The number of unbranched alkanes of at least 4 members (excludes halogenated alkanes) is 1. The molecule has 5 nitrogen and oxygen atoms in total. The van der Waals surface area contributed by atoms with E-state index in [2.05, 4.69) is 11.9 Å². The molecule has 3 N–H and O–H groups in total. The third-order valence-corrected chi connectivity index (χ3v) is 2.68. The van der Waals surface area contributed by atoms with Gasteiger partial charge in [0.25, 0.3) is 0 Å². The van der Waals surface area contributed by atoms with Crippen LogP contribution in [0.5, 0.6) is 0 Å². The number of nitrogens with zero attached hydrogens (tertiary/aromatic N) is 2. The van der Waals surface area contributed by atoms with E-state index in [9.17, 15) is 4.79 Å². The molecule has 5 heteroatoms. The molecule has 0 unspecified atom stereocenters. The van der Waals surface area contributed by atoms with E-state index in [4.69, 9.17) is 10.8 Å². The fourth-order valence-corrected chi connectivity index (χ4v) is 1.64. The molecule has 0 aliphatic heterocycles. The molecular formula is C13H21N3O2. The van der Waals surface area contributed by atoms with E-state index >= 15 is 0 Å². The first-order valence-corrected chi connectivity index (χ1v) is 6.26. The summed E-state index contributed by atoms with van der Waals surface area (Å²) in [6, 6.07) is 3.49. The Balaban J connectivity index is 2.57. The Morgan fingerprint density at radius 3 is 2.78 bits per heavy atom. The number of aliphatic hydroxyl groups is 1. The van der Waals surface area contributed by atoms with Crippen LogP contribution in [-0.4, -0.2) is 40.6 Å². The number of rotatable bonds is 7. The highest BCUT2D eigenvalue weighted by molar-refractivity contribution is 5.78. The Morgan fingerprint density at radius 2 is 2.22 bits per heavy atom. The molecule has 1 rings (SSSR count). The van der Waals surface area contributed by atoms with Crippen LogP contribution < -0.4 is 5.73 Å². The number of carbonyl (C=O) groups excluding carboxylic acids is 1. The predicted molar refractivity (Wildman–Crippen MR) is 70.9 cm³/mol. The van der Waals surface area contributed by atoms with E-state index in [0.29, 0.717) is 24.5 Å². The zero-order valence-corrected chi connectivity index (χ0v) is 10.8. The van der Waals surface area contributed by atoms with Crippen LogP contribution in [0.3, 0.4) is 0 Å². The van der Waals surface area contributed by atoms with Crippen LogP contribution in [0.1, 0.15) is 25.5 Å². The molecule has 0 spiro atoms. The van der Waals surface area contributed by atoms with Crippen LogP contribution in [0.15, 0.2) is 18.3 Å². The average molecular weight is 251 g/mol. The van der Waals surface area contributed by atoms with Gasteiger partial charge in [-0.15, -0.1) is 0 Å². The minimum Gasteiger partial charge on any atom is -0.397 e. The van der Waals surface area contributed by atoms with Gasteiger partial charge < -0.3 is 15.7 Å². The molecular weight excluding hydrogens is 230 g/mol. The highest BCUT2D eigenvalue weighted by atomic mass is 16.3. The van der Waals surface area contributed by atoms with Crippen molar-refractivity contribution >= 4 is 11.6 Å². The second-order valence-corrected chi connectivity index (χ2v) is 4.22. The zero-order chi connectivity index (χ0) is 13.4. The van der Waals surface area contributed by atoms with Crippen molar-refractivity contribution < 1.29 is 9.90 Å². The lowest BCUT2D eigenvalue weighted by Gasteiger charge is -2.21. The molecule has 0 aliphatic rings. The average Bonchev–Trinajstić information content (AvgIpc) is 2.37. The molecule has 1 heterocycles. The second-order valence-electron chi connectivity index (χ2n) is 4.22. The van der Waals surface area contributed by atoms with Crippen molar-refractivity contribution in [2.24, 2.45) is 0 Å². The van der Waals surface area contributed by atoms with Gasteiger partial charge in [-0.2, -0.15) is 0 Å². The molecule has 0 saturated heterocycles. The van der Waals surface area contributed by atoms with Crippen LogP contribution in [0.2, 0.25) is 0 Å². The number of aromatic nitrogens is 1. The molecule has 18 heavy (non-hydrogen) atoms. The van der Waals surface area contributed by atoms with Gasteiger partial charge in [-0.3, -0.25) is 9.78 Å². The fourth-order valence-electron chi connectivity index (χ4n) is 1.64. The summed E-state index contributed by atoms with van der Waals surface area (Å²) < 4.78 is 0. The van der Waals surface area contributed by atoms with E-state index in [1.807, 2.05) is 0 Å². The van der Waals surface area contributed by atoms with Gasteiger partial charge in [-0.05, 0) is 18.6 Å². The molecule has 0 aromatic carbocycles. The summed E-state index contributed by atoms with van der Waals surface area (Å²) in [5.41, 5.74) is 6.83. The van der Waals surface area contributed by atoms with Gasteiger partial charge >= 0.3 is 0 Å². The van der Waals surface area contributed by atoms with E-state index in [1.54, 1.807) is 23.2 Å². The Labute approximate surface area is 108 Å². The minimum absolute atomic E-state index is 0.00484. The van der Waals surface area contributed by atoms with Gasteiger partial charge in [-0.1, -0.05) is 13.3 Å². The molecule has 100 valence electrons. The normalized spacial score (nSPS) is 10.3. The summed E-state index contributed by atoms with van der Waals surface area (Å²) in [7, 11) is 0. The lowest BCUT2D eigenvalue weighted by Crippen LogP contribution is -2.35. The Morgan fingerprint density at radius 1 is 1.44 bits per heavy atom. The zero-order valence-electron chi connectivity index (χ0n) is 10.8. The van der Waals surface area contributed by atoms with Gasteiger partial charge in [0.05, 0.1) is 24.9 Å². The van der Waals surface area contributed by atoms with E-state index in [-0.39, 0.29) is 18.9 Å². The topological polar surface area (TPSA) is 79.5 Å². The lowest BCUT2D eigenvalue weighted by atomic mass is 10.2. The first-order chi connectivity index (χ1) is 8.67. The van der Waals surface area contributed by atoms with Gasteiger partial charge in [0.2, 0.25) is 5.91 Å². The number of hydrogen-bond donors (Lipinski definition) is 2. The smallest absolute Gasteiger partial charge is 0.228 e. The summed E-state index contributed by atoms with van der Waals surface area (Å²) in [5.74, 6) is -0.00484. The monoisotopic (exact) mass is 251 g/mol. The van der Waals surface area contributed by atoms with Crippen LogP contribution in [0.25, 0.3) is 0 Å². The van der Waals surface area contributed by atoms with Crippen LogP contribution >= 0.6 is 0 Å². The molecule has 0 bridgehead atoms. The number of nitrogens with two attached hydrogens (primary N) is 1. The second kappa shape index (κ2) is 7.66. The highest BCUT2D eigenvalue weighted by Crippen LogP contribution is 2.05. The minimum atomic E-state index is -0.00930. The Bertz CT molecular complexity index is 365. The van der Waals surface area contributed by atoms with E-state index in [1.165, 1.54) is 0 Å². The maximum absolute atomic E-state index is 12.0. The number of carbonyl (C=O) groups is 1. The maximum atomic E-state index is 12.0. The molecule has 1 amide bonds. The number of aliphatic hydroxyl groups excluding tert-OH is 1. The molecule has 0 saturated carbocycles. The van der Waals surface area contributed by atoms with E-state index < -0.39 is 0 Å². The van der Waals surface area contributed by atoms with Crippen molar-refractivity contribution in [2.45, 2.75) is 26.2 Å². The maximum Gasteiger partial charge on any atom is 0.228 e. The Kier molecular flexibility index (Phi) is 6.14. The molecule has 0 radical (unpaired) electrons. The summed E-state index contributed by atoms with van der Waals surface area (Å²) >= 11 is 0. The third-order valence-electron chi connectivity index (χ3n) is 2.68. The van der Waals surface area contributed by atoms with Crippen molar-refractivity contribution in [1.82, 2.24) is 9.88 Å². The number of amides is 1. The van der Waals surface area contributed by atoms with Crippen molar-refractivity contribution in [3.63, 3.8) is 0 Å². The van der Waals surface area contributed by atoms with Gasteiger partial charge in [0, 0.05) is 18.8 Å². The summed E-state index contributed by atoms with van der Waals surface area (Å²) in [6.07, 6.45) is 3.77. The number of anilines is 1. The number of pyridine rings is 1. The quantitative estimate of drug-likeness (QED) is 0.752. The van der Waals surface area contributed by atoms with Gasteiger partial charge in [0.15, 0.2) is 0 Å². The first-order valence-electron chi connectivity index (χ1n) is 6.26. The predicted octanol–water partition coefficient (Wildman–Crippen LogP) is 0.827. The molecule has 1 aromatic rings. The van der Waals surface area contributed by atoms with Crippen molar-refractivity contribution in [3.05, 3.63) is 24.0 Å². The molecule has 0 aliphatic carbocycles. The third kappa shape index (κ3) is 4.71. The van der Waals surface area contributed by atoms with Gasteiger partial charge in [0.1, 0.15) is 0 Å². The largest absolute Gasteiger partial charge is 0.397 e. The van der Waals surface area contributed by atoms with Crippen LogP contribution in [-0.2, 0) is 11.2 Å². The van der Waals surface area contributed by atoms with Crippen LogP contribution in [0, 0.1) is 0 Å². The summed E-state index contributed by atoms with van der Waals surface area (Å²) in [6.45, 7) is 3.13. The van der Waals surface area contributed by atoms with E-state index in [0.717, 1.165) is 12.8 Å². The van der Waals surface area contributed by atoms with Crippen molar-refractivity contribution in [1.29, 1.82) is 0 Å². The standard InChI is InChI=1S/C13H21N3O2/c1-2-3-6-16(7-8-17)13(18)9-12-5-4-11(14)10-15-12/h4-5,10,17H,2-3,6-9,14H2,1H3. The van der Waals surface area contributed by atoms with Gasteiger partial charge in [-0.25, -0.2) is 0 Å². The number of nitrogen functional groups attached to an aromatic ring is 1. The molecule has 0 atom stereocenters. The summed E-state index contributed by atoms with van der Waals surface area (Å²) in [5, 5.41) is 8.96. The lowest BCUT2D eigenvalue weighted by molar-refractivity contribution is -0.131. The number of hydrogen-bond acceptors (Lipinski definition) is 4. The van der Waals surface area contributed by atoms with Crippen molar-refractivity contribution in [2.75, 3.05) is 25.4 Å². The van der Waals surface area contributed by atoms with Crippen LogP contribution in [0.4, 0.5) is 5.69 Å². The van der Waals surface area contributed by atoms with Crippen molar-refractivity contribution in [3.8, 4) is 0 Å². The highest BCUT2D eigenvalue weighted by Gasteiger charge is 2.13. The molecule has 0 fully saturated rings. The molecule has 1 aromatic heterocycles. The Hall–Kier alpha value is -1.62. The fraction of sp³-hybridized carbons (Fsp3) is 0.538.